The summed E-state index contributed by atoms with van der Waals surface area (Å²) >= 11 is 0. The Morgan fingerprint density at radius 1 is 1.03 bits per heavy atom. The number of fused-ring (bicyclic) bond motifs is 3. The molecule has 15 heteroatoms. The molecule has 0 spiro atoms. The molecule has 2 saturated heterocycles. The molecule has 0 saturated carbocycles. The summed E-state index contributed by atoms with van der Waals surface area (Å²) < 4.78 is 81.4. The molecule has 1 aromatic carbocycles. The molecule has 2 aromatic heterocycles. The van der Waals surface area contributed by atoms with Gasteiger partial charge in [0.1, 0.15) is 17.8 Å². The Labute approximate surface area is 222 Å². The van der Waals surface area contributed by atoms with E-state index in [1.54, 1.807) is 0 Å². The van der Waals surface area contributed by atoms with E-state index in [0.717, 1.165) is 6.07 Å². The summed E-state index contributed by atoms with van der Waals surface area (Å²) in [6.07, 6.45) is -4.26. The van der Waals surface area contributed by atoms with Crippen LogP contribution in [-0.2, 0) is 6.18 Å². The monoisotopic (exact) mass is 571 g/mol. The summed E-state index contributed by atoms with van der Waals surface area (Å²) in [5, 5.41) is 4.08. The number of carbonyl (C=O) groups excluding carboxylic acids is 1. The topological polar surface area (TPSA) is 63.4 Å². The van der Waals surface area contributed by atoms with E-state index in [-0.39, 0.29) is 63.8 Å². The molecule has 198 valence electrons. The number of nitrogens with zero attached hydrogens (tertiary/aromatic N) is 5. The largest absolute Gasteiger partial charge is 0.419 e. The molecule has 2 aliphatic rings. The first-order valence-corrected chi connectivity index (χ1v) is 10.3. The number of piperidine rings is 1. The van der Waals surface area contributed by atoms with Gasteiger partial charge in [-0.25, -0.2) is 22.7 Å². The van der Waals surface area contributed by atoms with Gasteiger partial charge in [0.15, 0.2) is 0 Å². The van der Waals surface area contributed by atoms with Gasteiger partial charge in [-0.2, -0.15) is 63.7 Å². The van der Waals surface area contributed by atoms with Crippen molar-refractivity contribution in [3.05, 3.63) is 58.9 Å². The first-order valence-electron chi connectivity index (χ1n) is 10.3. The van der Waals surface area contributed by atoms with Gasteiger partial charge in [0.05, 0.1) is 11.3 Å². The molecule has 0 N–H and O–H groups in total. The summed E-state index contributed by atoms with van der Waals surface area (Å²) in [6, 6.07) is 2.82. The zero-order valence-corrected chi connectivity index (χ0v) is 21.4. The summed E-state index contributed by atoms with van der Waals surface area (Å²) in [7, 11) is 0. The number of hydrogen-bond acceptors (Lipinski definition) is 4. The van der Waals surface area contributed by atoms with Gasteiger partial charge < -0.3 is 4.90 Å². The highest BCUT2D eigenvalue weighted by molar-refractivity contribution is 7.59. The highest BCUT2D eigenvalue weighted by Crippen LogP contribution is 2.45. The summed E-state index contributed by atoms with van der Waals surface area (Å²) in [5.74, 6) is -2.48. The zero-order chi connectivity index (χ0) is 23.5. The van der Waals surface area contributed by atoms with Gasteiger partial charge in [-0.1, -0.05) is 0 Å². The minimum Gasteiger partial charge on any atom is -0.332 e. The standard InChI is InChI=1S/C21H17F6N5O.3H2S/c22-14-5-1-10(7-13(14)21(25,26)27)19(33)31-11-2-4-12(16(31)6-3-11)17-8-15(18(23)24)30-20-28-9-29-32(17)20;;;/h1,5,7-9,11-12,16,18H,2-4,6H2;3*1H2/t11-,12-,16-;;;/m0.../s1. The Morgan fingerprint density at radius 3 is 2.39 bits per heavy atom. The van der Waals surface area contributed by atoms with E-state index in [1.165, 1.54) is 21.8 Å². The fraction of sp³-hybridized carbons (Fsp3) is 0.429. The first-order chi connectivity index (χ1) is 15.6. The van der Waals surface area contributed by atoms with Crippen molar-refractivity contribution in [2.75, 3.05) is 0 Å². The third-order valence-electron chi connectivity index (χ3n) is 6.48. The van der Waals surface area contributed by atoms with Gasteiger partial charge in [-0.05, 0) is 49.9 Å². The van der Waals surface area contributed by atoms with Gasteiger partial charge in [0.25, 0.3) is 18.1 Å². The Balaban J connectivity index is 0.00000152. The van der Waals surface area contributed by atoms with Gasteiger partial charge in [-0.3, -0.25) is 4.79 Å². The molecule has 2 aliphatic heterocycles. The molecule has 2 fully saturated rings. The van der Waals surface area contributed by atoms with Crippen molar-refractivity contribution in [2.45, 2.75) is 56.3 Å². The smallest absolute Gasteiger partial charge is 0.332 e. The number of benzene rings is 1. The van der Waals surface area contributed by atoms with Crippen LogP contribution in [0.2, 0.25) is 0 Å². The maximum absolute atomic E-state index is 13.7. The molecule has 2 bridgehead atoms. The Kier molecular flexibility index (Phi) is 9.27. The fourth-order valence-corrected chi connectivity index (χ4v) is 5.07. The molecule has 3 aromatic rings. The highest BCUT2D eigenvalue weighted by Gasteiger charge is 2.47. The summed E-state index contributed by atoms with van der Waals surface area (Å²) in [5.41, 5.74) is -1.81. The van der Waals surface area contributed by atoms with Gasteiger partial charge in [0.2, 0.25) is 0 Å². The Bertz CT molecular complexity index is 1240. The normalized spacial score (nSPS) is 21.1. The van der Waals surface area contributed by atoms with E-state index in [0.29, 0.717) is 43.5 Å². The second kappa shape index (κ2) is 11.1. The zero-order valence-electron chi connectivity index (χ0n) is 18.4. The predicted molar refractivity (Wildman–Crippen MR) is 133 cm³/mol. The number of carbonyl (C=O) groups is 1. The third kappa shape index (κ3) is 5.14. The van der Waals surface area contributed by atoms with Gasteiger partial charge in [-0.15, -0.1) is 0 Å². The molecule has 6 nitrogen and oxygen atoms in total. The van der Waals surface area contributed by atoms with Crippen molar-refractivity contribution >= 4 is 52.2 Å². The molecule has 5 rings (SSSR count). The molecule has 3 atom stereocenters. The van der Waals surface area contributed by atoms with Crippen LogP contribution < -0.4 is 0 Å². The first kappa shape index (κ1) is 30.1. The van der Waals surface area contributed by atoms with Crippen LogP contribution in [0.25, 0.3) is 5.78 Å². The van der Waals surface area contributed by atoms with E-state index in [9.17, 15) is 31.1 Å². The van der Waals surface area contributed by atoms with Crippen LogP contribution in [-0.4, -0.2) is 42.5 Å². The van der Waals surface area contributed by atoms with Crippen molar-refractivity contribution in [3.63, 3.8) is 0 Å². The average Bonchev–Trinajstić information content (AvgIpc) is 3.35. The lowest BCUT2D eigenvalue weighted by molar-refractivity contribution is -0.140. The van der Waals surface area contributed by atoms with Crippen molar-refractivity contribution in [1.82, 2.24) is 24.5 Å². The average molecular weight is 572 g/mol. The van der Waals surface area contributed by atoms with E-state index in [1.807, 2.05) is 0 Å². The van der Waals surface area contributed by atoms with Crippen LogP contribution >= 0.6 is 40.5 Å². The molecule has 0 radical (unpaired) electrons. The van der Waals surface area contributed by atoms with E-state index < -0.39 is 41.6 Å². The van der Waals surface area contributed by atoms with Crippen molar-refractivity contribution in [3.8, 4) is 0 Å². The number of amides is 1. The number of halogens is 6. The lowest BCUT2D eigenvalue weighted by atomic mass is 9.86. The maximum Gasteiger partial charge on any atom is 0.419 e. The van der Waals surface area contributed by atoms with Crippen LogP contribution in [0.5, 0.6) is 0 Å². The van der Waals surface area contributed by atoms with Crippen molar-refractivity contribution in [1.29, 1.82) is 0 Å². The Hall–Kier alpha value is -2.13. The third-order valence-corrected chi connectivity index (χ3v) is 6.48. The highest BCUT2D eigenvalue weighted by atomic mass is 32.1. The van der Waals surface area contributed by atoms with Gasteiger partial charge in [0, 0.05) is 23.6 Å². The summed E-state index contributed by atoms with van der Waals surface area (Å²) in [6.45, 7) is 0. The molecule has 0 unspecified atom stereocenters. The molecule has 36 heavy (non-hydrogen) atoms. The molecule has 0 aliphatic carbocycles. The van der Waals surface area contributed by atoms with Crippen LogP contribution in [0, 0.1) is 5.82 Å². The Morgan fingerprint density at radius 2 is 1.72 bits per heavy atom. The van der Waals surface area contributed by atoms with E-state index >= 15 is 0 Å². The van der Waals surface area contributed by atoms with E-state index in [4.69, 9.17) is 0 Å². The van der Waals surface area contributed by atoms with Crippen LogP contribution in [0.15, 0.2) is 30.6 Å². The maximum atomic E-state index is 13.7. The van der Waals surface area contributed by atoms with Gasteiger partial charge >= 0.3 is 6.18 Å². The number of alkyl halides is 5. The number of hydrogen-bond donors (Lipinski definition) is 0. The minimum atomic E-state index is -4.94. The van der Waals surface area contributed by atoms with Crippen molar-refractivity contribution < 1.29 is 31.1 Å². The fourth-order valence-electron chi connectivity index (χ4n) is 5.07. The van der Waals surface area contributed by atoms with Crippen molar-refractivity contribution in [2.24, 2.45) is 0 Å². The second-order valence-corrected chi connectivity index (χ2v) is 8.27. The molecule has 4 heterocycles. The summed E-state index contributed by atoms with van der Waals surface area (Å²) in [4.78, 5) is 22.5. The molecular weight excluding hydrogens is 548 g/mol. The quantitative estimate of drug-likeness (QED) is 0.410. The minimum absolute atomic E-state index is 0. The predicted octanol–water partition coefficient (Wildman–Crippen LogP) is 5.11. The lowest BCUT2D eigenvalue weighted by Crippen LogP contribution is -2.47. The van der Waals surface area contributed by atoms with Crippen LogP contribution in [0.4, 0.5) is 26.3 Å². The second-order valence-electron chi connectivity index (χ2n) is 8.27. The van der Waals surface area contributed by atoms with Crippen LogP contribution in [0.1, 0.15) is 65.3 Å². The van der Waals surface area contributed by atoms with Crippen LogP contribution in [0.3, 0.4) is 0 Å². The lowest BCUT2D eigenvalue weighted by Gasteiger charge is -2.40. The number of aromatic nitrogens is 4. The molecule has 1 amide bonds. The SMILES string of the molecule is O=C(c1ccc(F)c(C(F)(F)F)c1)N1[C@H]2CC[C@H](c3cc(C(F)F)nc4ncnn34)[C@@H]1CC2.S.S.S. The van der Waals surface area contributed by atoms with E-state index in [2.05, 4.69) is 15.1 Å². The number of rotatable bonds is 3. The molecular formula is C21H23F6N5OS3.